The molecule has 1 aromatic rings. The lowest BCUT2D eigenvalue weighted by Gasteiger charge is -2.36. The SMILES string of the molecule is CCN(CC)C(=O)CC1COc2ccc(C(=O)NCCOC)cc2N1C. The van der Waals surface area contributed by atoms with Crippen LogP contribution in [0.25, 0.3) is 0 Å². The maximum Gasteiger partial charge on any atom is 0.251 e. The van der Waals surface area contributed by atoms with Crippen molar-refractivity contribution in [2.24, 2.45) is 0 Å². The van der Waals surface area contributed by atoms with Gasteiger partial charge in [0.05, 0.1) is 24.8 Å². The van der Waals surface area contributed by atoms with Crippen LogP contribution in [0.4, 0.5) is 5.69 Å². The van der Waals surface area contributed by atoms with Crippen molar-refractivity contribution >= 4 is 17.5 Å². The number of anilines is 1. The van der Waals surface area contributed by atoms with E-state index in [1.54, 1.807) is 19.2 Å². The predicted molar refractivity (Wildman–Crippen MR) is 101 cm³/mol. The van der Waals surface area contributed by atoms with Crippen molar-refractivity contribution in [2.75, 3.05) is 51.9 Å². The number of carbonyl (C=O) groups is 2. The number of methoxy groups -OCH3 is 1. The zero-order chi connectivity index (χ0) is 19.1. The van der Waals surface area contributed by atoms with Gasteiger partial charge in [-0.3, -0.25) is 9.59 Å². The van der Waals surface area contributed by atoms with Crippen LogP contribution in [0.3, 0.4) is 0 Å². The molecule has 1 aliphatic heterocycles. The first-order chi connectivity index (χ1) is 12.5. The Morgan fingerprint density at radius 3 is 2.73 bits per heavy atom. The van der Waals surface area contributed by atoms with E-state index in [2.05, 4.69) is 5.32 Å². The van der Waals surface area contributed by atoms with E-state index in [1.807, 2.05) is 36.8 Å². The number of hydrogen-bond acceptors (Lipinski definition) is 5. The summed E-state index contributed by atoms with van der Waals surface area (Å²) in [5, 5.41) is 2.81. The number of likely N-dealkylation sites (N-methyl/N-ethyl adjacent to an activating group) is 1. The maximum atomic E-state index is 12.4. The summed E-state index contributed by atoms with van der Waals surface area (Å²) in [6.07, 6.45) is 0.391. The van der Waals surface area contributed by atoms with E-state index < -0.39 is 0 Å². The molecule has 0 radical (unpaired) electrons. The highest BCUT2D eigenvalue weighted by molar-refractivity contribution is 5.95. The molecule has 0 spiro atoms. The number of nitrogens with one attached hydrogen (secondary N) is 1. The van der Waals surface area contributed by atoms with Crippen molar-refractivity contribution in [2.45, 2.75) is 26.3 Å². The molecule has 7 nitrogen and oxygen atoms in total. The zero-order valence-electron chi connectivity index (χ0n) is 16.1. The fourth-order valence-corrected chi connectivity index (χ4v) is 3.02. The minimum Gasteiger partial charge on any atom is -0.489 e. The number of rotatable bonds is 8. The Morgan fingerprint density at radius 1 is 1.35 bits per heavy atom. The maximum absolute atomic E-state index is 12.4. The number of fused-ring (bicyclic) bond motifs is 1. The lowest BCUT2D eigenvalue weighted by molar-refractivity contribution is -0.131. The number of nitrogens with zero attached hydrogens (tertiary/aromatic N) is 2. The van der Waals surface area contributed by atoms with Crippen LogP contribution < -0.4 is 15.0 Å². The summed E-state index contributed by atoms with van der Waals surface area (Å²) >= 11 is 0. The molecule has 0 aromatic heterocycles. The molecule has 0 fully saturated rings. The fraction of sp³-hybridized carbons (Fsp3) is 0.579. The van der Waals surface area contributed by atoms with Crippen molar-refractivity contribution in [3.63, 3.8) is 0 Å². The zero-order valence-corrected chi connectivity index (χ0v) is 16.1. The van der Waals surface area contributed by atoms with Crippen LogP contribution in [0, 0.1) is 0 Å². The van der Waals surface area contributed by atoms with E-state index >= 15 is 0 Å². The molecule has 1 unspecified atom stereocenters. The van der Waals surface area contributed by atoms with Crippen molar-refractivity contribution in [1.29, 1.82) is 0 Å². The highest BCUT2D eigenvalue weighted by Gasteiger charge is 2.28. The third-order valence-electron chi connectivity index (χ3n) is 4.70. The van der Waals surface area contributed by atoms with Crippen LogP contribution in [0.5, 0.6) is 5.75 Å². The van der Waals surface area contributed by atoms with Crippen LogP contribution in [-0.4, -0.2) is 69.8 Å². The van der Waals surface area contributed by atoms with E-state index in [9.17, 15) is 9.59 Å². The summed E-state index contributed by atoms with van der Waals surface area (Å²) in [6.45, 7) is 6.74. The molecule has 144 valence electrons. The fourth-order valence-electron chi connectivity index (χ4n) is 3.02. The van der Waals surface area contributed by atoms with Gasteiger partial charge in [-0.15, -0.1) is 0 Å². The second kappa shape index (κ2) is 9.43. The smallest absolute Gasteiger partial charge is 0.251 e. The number of amides is 2. The van der Waals surface area contributed by atoms with Gasteiger partial charge >= 0.3 is 0 Å². The summed E-state index contributed by atoms with van der Waals surface area (Å²) in [6, 6.07) is 5.31. The molecule has 2 rings (SSSR count). The molecule has 0 saturated heterocycles. The van der Waals surface area contributed by atoms with Crippen molar-refractivity contribution in [3.05, 3.63) is 23.8 Å². The molecule has 0 saturated carbocycles. The first-order valence-corrected chi connectivity index (χ1v) is 9.06. The third-order valence-corrected chi connectivity index (χ3v) is 4.70. The average molecular weight is 363 g/mol. The van der Waals surface area contributed by atoms with Crippen molar-refractivity contribution in [3.8, 4) is 5.75 Å². The molecule has 1 heterocycles. The van der Waals surface area contributed by atoms with E-state index in [-0.39, 0.29) is 17.9 Å². The van der Waals surface area contributed by atoms with Gasteiger partial charge in [-0.25, -0.2) is 0 Å². The van der Waals surface area contributed by atoms with Gasteiger partial charge in [0.15, 0.2) is 0 Å². The van der Waals surface area contributed by atoms with Gasteiger partial charge in [-0.05, 0) is 32.0 Å². The Bertz CT molecular complexity index is 631. The predicted octanol–water partition coefficient (Wildman–Crippen LogP) is 1.52. The first-order valence-electron chi connectivity index (χ1n) is 9.06. The summed E-state index contributed by atoms with van der Waals surface area (Å²) in [5.74, 6) is 0.694. The lowest BCUT2D eigenvalue weighted by Crippen LogP contribution is -2.44. The summed E-state index contributed by atoms with van der Waals surface area (Å²) in [7, 11) is 3.53. The number of ether oxygens (including phenoxy) is 2. The summed E-state index contributed by atoms with van der Waals surface area (Å²) < 4.78 is 10.8. The second-order valence-electron chi connectivity index (χ2n) is 6.28. The topological polar surface area (TPSA) is 71.1 Å². The van der Waals surface area contributed by atoms with Crippen molar-refractivity contribution < 1.29 is 19.1 Å². The van der Waals surface area contributed by atoms with Crippen LogP contribution >= 0.6 is 0 Å². The standard InChI is InChI=1S/C19H29N3O4/c1-5-22(6-2)18(23)12-15-13-26-17-8-7-14(11-16(17)21(15)3)19(24)20-9-10-25-4/h7-8,11,15H,5-6,9-10,12-13H2,1-4H3,(H,20,24). The largest absolute Gasteiger partial charge is 0.489 e. The van der Waals surface area contributed by atoms with Crippen molar-refractivity contribution in [1.82, 2.24) is 10.2 Å². The Morgan fingerprint density at radius 2 is 2.08 bits per heavy atom. The van der Waals surface area contributed by atoms with Crippen LogP contribution in [0.15, 0.2) is 18.2 Å². The lowest BCUT2D eigenvalue weighted by atomic mass is 10.1. The minimum atomic E-state index is -0.153. The number of carbonyl (C=O) groups excluding carboxylic acids is 2. The molecule has 0 aliphatic carbocycles. The molecule has 1 aliphatic rings. The van der Waals surface area contributed by atoms with Gasteiger partial charge in [0.2, 0.25) is 5.91 Å². The van der Waals surface area contributed by atoms with Crippen LogP contribution in [0.1, 0.15) is 30.6 Å². The average Bonchev–Trinajstić information content (AvgIpc) is 2.65. The molecular weight excluding hydrogens is 334 g/mol. The highest BCUT2D eigenvalue weighted by Crippen LogP contribution is 2.34. The molecule has 1 N–H and O–H groups in total. The number of hydrogen-bond donors (Lipinski definition) is 1. The first kappa shape index (κ1) is 20.0. The van der Waals surface area contributed by atoms with Crippen LogP contribution in [0.2, 0.25) is 0 Å². The van der Waals surface area contributed by atoms with E-state index in [4.69, 9.17) is 9.47 Å². The molecular formula is C19H29N3O4. The van der Waals surface area contributed by atoms with E-state index in [1.165, 1.54) is 0 Å². The van der Waals surface area contributed by atoms with Gasteiger partial charge in [-0.1, -0.05) is 0 Å². The third kappa shape index (κ3) is 4.66. The van der Waals surface area contributed by atoms with E-state index in [0.717, 1.165) is 11.4 Å². The molecule has 1 aromatic carbocycles. The van der Waals surface area contributed by atoms with Gasteiger partial charge in [0, 0.05) is 39.4 Å². The van der Waals surface area contributed by atoms with Crippen LogP contribution in [-0.2, 0) is 9.53 Å². The normalized spacial score (nSPS) is 15.8. The Labute approximate surface area is 155 Å². The monoisotopic (exact) mass is 363 g/mol. The second-order valence-corrected chi connectivity index (χ2v) is 6.28. The highest BCUT2D eigenvalue weighted by atomic mass is 16.5. The quantitative estimate of drug-likeness (QED) is 0.709. The molecule has 7 heteroatoms. The molecule has 1 atom stereocenters. The molecule has 26 heavy (non-hydrogen) atoms. The van der Waals surface area contributed by atoms with Gasteiger partial charge < -0.3 is 24.6 Å². The van der Waals surface area contributed by atoms with E-state index in [0.29, 0.717) is 44.8 Å². The van der Waals surface area contributed by atoms with Gasteiger partial charge in [-0.2, -0.15) is 0 Å². The Hall–Kier alpha value is -2.28. The van der Waals surface area contributed by atoms with Gasteiger partial charge in [0.25, 0.3) is 5.91 Å². The summed E-state index contributed by atoms with van der Waals surface area (Å²) in [5.41, 5.74) is 1.39. The van der Waals surface area contributed by atoms with Gasteiger partial charge in [0.1, 0.15) is 12.4 Å². The molecule has 0 bridgehead atoms. The summed E-state index contributed by atoms with van der Waals surface area (Å²) in [4.78, 5) is 28.5. The Balaban J connectivity index is 2.09. The molecule has 2 amide bonds. The minimum absolute atomic E-state index is 0.0533. The Kier molecular flexibility index (Phi) is 7.26. The number of benzene rings is 1.